The van der Waals surface area contributed by atoms with Crippen LogP contribution >= 0.6 is 0 Å². The van der Waals surface area contributed by atoms with Crippen molar-refractivity contribution in [2.24, 2.45) is 0 Å². The van der Waals surface area contributed by atoms with E-state index in [0.29, 0.717) is 5.56 Å². The quantitative estimate of drug-likeness (QED) is 0.533. The Bertz CT molecular complexity index is 378. The lowest BCUT2D eigenvalue weighted by molar-refractivity contribution is -0.134. The van der Waals surface area contributed by atoms with Crippen molar-refractivity contribution in [3.63, 3.8) is 0 Å². The molecule has 4 heteroatoms. The number of esters is 1. The normalized spacial score (nSPS) is 10.2. The lowest BCUT2D eigenvalue weighted by atomic mass is 10.2. The maximum Gasteiger partial charge on any atom is 0.330 e. The van der Waals surface area contributed by atoms with Crippen molar-refractivity contribution in [1.29, 1.82) is 0 Å². The molecule has 0 radical (unpaired) electrons. The summed E-state index contributed by atoms with van der Waals surface area (Å²) in [5.74, 6) is -0.483. The van der Waals surface area contributed by atoms with E-state index >= 15 is 0 Å². The fraction of sp³-hybridized carbons (Fsp3) is 0.111. The molecule has 1 rings (SSSR count). The number of aromatic nitrogens is 1. The van der Waals surface area contributed by atoms with Crippen LogP contribution in [0.25, 0.3) is 6.08 Å². The number of rotatable bonds is 2. The van der Waals surface area contributed by atoms with Gasteiger partial charge in [-0.1, -0.05) is 0 Å². The zero-order valence-electron chi connectivity index (χ0n) is 7.11. The second-order valence-electron chi connectivity index (χ2n) is 2.31. The average Bonchev–Trinajstić information content (AvgIpc) is 2.16. The van der Waals surface area contributed by atoms with Gasteiger partial charge >= 0.3 is 5.97 Å². The summed E-state index contributed by atoms with van der Waals surface area (Å²) in [5.41, 5.74) is 0.190. The number of hydrogen-bond donors (Lipinski definition) is 1. The third kappa shape index (κ3) is 2.59. The van der Waals surface area contributed by atoms with E-state index < -0.39 is 5.97 Å². The molecule has 0 aliphatic carbocycles. The van der Waals surface area contributed by atoms with Crippen molar-refractivity contribution in [3.05, 3.63) is 40.3 Å². The fourth-order valence-electron chi connectivity index (χ4n) is 0.792. The molecule has 0 unspecified atom stereocenters. The maximum absolute atomic E-state index is 11.1. The van der Waals surface area contributed by atoms with Gasteiger partial charge in [-0.05, 0) is 18.2 Å². The second kappa shape index (κ2) is 4.25. The summed E-state index contributed by atoms with van der Waals surface area (Å²) in [6.07, 6.45) is 4.13. The molecule has 0 bridgehead atoms. The summed E-state index contributed by atoms with van der Waals surface area (Å²) in [7, 11) is 1.28. The summed E-state index contributed by atoms with van der Waals surface area (Å²) in [5, 5.41) is 0. The van der Waals surface area contributed by atoms with Crippen LogP contribution in [0.4, 0.5) is 0 Å². The van der Waals surface area contributed by atoms with Crippen LogP contribution in [0.1, 0.15) is 5.56 Å². The van der Waals surface area contributed by atoms with Crippen LogP contribution in [0.15, 0.2) is 29.2 Å². The van der Waals surface area contributed by atoms with E-state index in [-0.39, 0.29) is 5.56 Å². The number of methoxy groups -OCH3 is 1. The van der Waals surface area contributed by atoms with Crippen molar-refractivity contribution in [2.45, 2.75) is 0 Å². The fourth-order valence-corrected chi connectivity index (χ4v) is 0.792. The number of carbonyl (C=O) groups is 1. The Morgan fingerprint density at radius 3 is 3.00 bits per heavy atom. The summed E-state index contributed by atoms with van der Waals surface area (Å²) < 4.78 is 4.37. The zero-order chi connectivity index (χ0) is 9.68. The Balaban J connectivity index is 2.86. The zero-order valence-corrected chi connectivity index (χ0v) is 7.11. The SMILES string of the molecule is COC(=O)C=Cc1ccc[nH]c1=O. The first-order valence-corrected chi connectivity index (χ1v) is 3.68. The Morgan fingerprint density at radius 1 is 1.62 bits per heavy atom. The molecule has 68 valence electrons. The number of H-pyrrole nitrogens is 1. The topological polar surface area (TPSA) is 59.2 Å². The molecule has 0 aromatic carbocycles. The first-order valence-electron chi connectivity index (χ1n) is 3.68. The lowest BCUT2D eigenvalue weighted by Crippen LogP contribution is -2.07. The number of carbonyl (C=O) groups excluding carboxylic acids is 1. The van der Waals surface area contributed by atoms with E-state index in [1.165, 1.54) is 25.5 Å². The highest BCUT2D eigenvalue weighted by atomic mass is 16.5. The molecule has 0 aliphatic rings. The Kier molecular flexibility index (Phi) is 3.03. The van der Waals surface area contributed by atoms with Crippen LogP contribution < -0.4 is 5.56 Å². The second-order valence-corrected chi connectivity index (χ2v) is 2.31. The molecule has 0 atom stereocenters. The molecule has 13 heavy (non-hydrogen) atoms. The van der Waals surface area contributed by atoms with Gasteiger partial charge in [0.2, 0.25) is 0 Å². The standard InChI is InChI=1S/C9H9NO3/c1-13-8(11)5-4-7-3-2-6-10-9(7)12/h2-6H,1H3,(H,10,12). The highest BCUT2D eigenvalue weighted by Gasteiger charge is 1.94. The van der Waals surface area contributed by atoms with Crippen molar-refractivity contribution in [1.82, 2.24) is 4.98 Å². The molecular weight excluding hydrogens is 170 g/mol. The summed E-state index contributed by atoms with van der Waals surface area (Å²) in [6, 6.07) is 3.29. The molecule has 1 heterocycles. The third-order valence-electron chi connectivity index (χ3n) is 1.45. The van der Waals surface area contributed by atoms with Crippen molar-refractivity contribution < 1.29 is 9.53 Å². The van der Waals surface area contributed by atoms with Crippen molar-refractivity contribution in [3.8, 4) is 0 Å². The minimum absolute atomic E-state index is 0.234. The molecule has 1 aromatic rings. The van der Waals surface area contributed by atoms with E-state index in [9.17, 15) is 9.59 Å². The molecule has 0 saturated heterocycles. The summed E-state index contributed by atoms with van der Waals surface area (Å²) in [4.78, 5) is 24.2. The van der Waals surface area contributed by atoms with E-state index in [1.54, 1.807) is 12.1 Å². The van der Waals surface area contributed by atoms with Crippen LogP contribution in [0, 0.1) is 0 Å². The highest BCUT2D eigenvalue weighted by molar-refractivity contribution is 5.86. The predicted octanol–water partition coefficient (Wildman–Crippen LogP) is 0.561. The van der Waals surface area contributed by atoms with Gasteiger partial charge in [0.1, 0.15) is 0 Å². The van der Waals surface area contributed by atoms with Gasteiger partial charge < -0.3 is 9.72 Å². The number of ether oxygens (including phenoxy) is 1. The molecular formula is C9H9NO3. The van der Waals surface area contributed by atoms with Crippen LogP contribution in [0.5, 0.6) is 0 Å². The molecule has 4 nitrogen and oxygen atoms in total. The first kappa shape index (κ1) is 9.25. The molecule has 1 N–H and O–H groups in total. The Hall–Kier alpha value is -1.84. The van der Waals surface area contributed by atoms with Crippen LogP contribution in [-0.4, -0.2) is 18.1 Å². The lowest BCUT2D eigenvalue weighted by Gasteiger charge is -1.90. The Labute approximate surface area is 74.9 Å². The van der Waals surface area contributed by atoms with E-state index in [2.05, 4.69) is 9.72 Å². The third-order valence-corrected chi connectivity index (χ3v) is 1.45. The monoisotopic (exact) mass is 179 g/mol. The average molecular weight is 179 g/mol. The molecule has 0 spiro atoms. The predicted molar refractivity (Wildman–Crippen MR) is 48.1 cm³/mol. The molecule has 1 aromatic heterocycles. The van der Waals surface area contributed by atoms with Crippen LogP contribution in [0.3, 0.4) is 0 Å². The van der Waals surface area contributed by atoms with Crippen molar-refractivity contribution in [2.75, 3.05) is 7.11 Å². The maximum atomic E-state index is 11.1. The molecule has 0 saturated carbocycles. The Morgan fingerprint density at radius 2 is 2.38 bits per heavy atom. The minimum Gasteiger partial charge on any atom is -0.466 e. The summed E-state index contributed by atoms with van der Waals surface area (Å²) >= 11 is 0. The number of nitrogens with one attached hydrogen (secondary N) is 1. The van der Waals surface area contributed by atoms with E-state index in [0.717, 1.165) is 0 Å². The van der Waals surface area contributed by atoms with Gasteiger partial charge in [0, 0.05) is 17.8 Å². The van der Waals surface area contributed by atoms with Gasteiger partial charge in [-0.15, -0.1) is 0 Å². The number of pyridine rings is 1. The number of hydrogen-bond acceptors (Lipinski definition) is 3. The smallest absolute Gasteiger partial charge is 0.330 e. The number of aromatic amines is 1. The minimum atomic E-state index is -0.483. The molecule has 0 amide bonds. The van der Waals surface area contributed by atoms with E-state index in [1.807, 2.05) is 0 Å². The van der Waals surface area contributed by atoms with Gasteiger partial charge in [0.25, 0.3) is 5.56 Å². The van der Waals surface area contributed by atoms with Gasteiger partial charge in [-0.2, -0.15) is 0 Å². The van der Waals surface area contributed by atoms with E-state index in [4.69, 9.17) is 0 Å². The summed E-state index contributed by atoms with van der Waals surface area (Å²) in [6.45, 7) is 0. The molecule has 0 fully saturated rings. The van der Waals surface area contributed by atoms with Crippen LogP contribution in [-0.2, 0) is 9.53 Å². The molecule has 0 aliphatic heterocycles. The van der Waals surface area contributed by atoms with Gasteiger partial charge in [-0.3, -0.25) is 4.79 Å². The van der Waals surface area contributed by atoms with Crippen molar-refractivity contribution >= 4 is 12.0 Å². The largest absolute Gasteiger partial charge is 0.466 e. The van der Waals surface area contributed by atoms with Gasteiger partial charge in [-0.25, -0.2) is 4.79 Å². The van der Waals surface area contributed by atoms with Crippen LogP contribution in [0.2, 0.25) is 0 Å². The van der Waals surface area contributed by atoms with Gasteiger partial charge in [0.15, 0.2) is 0 Å². The first-order chi connectivity index (χ1) is 6.24. The van der Waals surface area contributed by atoms with Gasteiger partial charge in [0.05, 0.1) is 7.11 Å². The highest BCUT2D eigenvalue weighted by Crippen LogP contribution is 1.93.